The fraction of sp³-hybridized carbons (Fsp3) is 0.800. The molecule has 0 spiro atoms. The van der Waals surface area contributed by atoms with Crippen LogP contribution in [0.25, 0.3) is 0 Å². The molecule has 0 unspecified atom stereocenters. The zero-order valence-corrected chi connectivity index (χ0v) is 13.3. The van der Waals surface area contributed by atoms with Crippen LogP contribution >= 0.6 is 0 Å². The van der Waals surface area contributed by atoms with Gasteiger partial charge in [0.1, 0.15) is 0 Å². The number of hydrogen-bond acceptors (Lipinski definition) is 0. The molecule has 20 heavy (non-hydrogen) atoms. The van der Waals surface area contributed by atoms with E-state index in [1.807, 2.05) is 0 Å². The molecule has 0 heteroatoms. The first-order valence-corrected chi connectivity index (χ1v) is 9.07. The Morgan fingerprint density at radius 2 is 2.05 bits per heavy atom. The van der Waals surface area contributed by atoms with E-state index in [-0.39, 0.29) is 0 Å². The molecule has 0 bridgehead atoms. The van der Waals surface area contributed by atoms with Crippen molar-refractivity contribution in [3.05, 3.63) is 23.8 Å². The average Bonchev–Trinajstić information content (AvgIpc) is 2.91. The van der Waals surface area contributed by atoms with Crippen LogP contribution in [-0.2, 0) is 0 Å². The van der Waals surface area contributed by atoms with Crippen LogP contribution in [-0.4, -0.2) is 0 Å². The van der Waals surface area contributed by atoms with Crippen molar-refractivity contribution >= 4 is 0 Å². The summed E-state index contributed by atoms with van der Waals surface area (Å²) in [6.45, 7) is 5.06. The van der Waals surface area contributed by atoms with Crippen molar-refractivity contribution in [2.45, 2.75) is 71.6 Å². The predicted octanol–water partition coefficient (Wildman–Crippen LogP) is 5.90. The van der Waals surface area contributed by atoms with E-state index in [0.717, 1.165) is 23.2 Å². The molecule has 0 N–H and O–H groups in total. The third kappa shape index (κ3) is 1.60. The lowest BCUT2D eigenvalue weighted by Gasteiger charge is -2.56. The molecule has 110 valence electrons. The lowest BCUT2D eigenvalue weighted by molar-refractivity contribution is -0.0288. The van der Waals surface area contributed by atoms with Gasteiger partial charge >= 0.3 is 0 Å². The first-order valence-electron chi connectivity index (χ1n) is 9.07. The molecule has 2 saturated carbocycles. The summed E-state index contributed by atoms with van der Waals surface area (Å²) in [5.41, 5.74) is 2.94. The van der Waals surface area contributed by atoms with Crippen LogP contribution in [0.1, 0.15) is 71.6 Å². The van der Waals surface area contributed by atoms with Crippen LogP contribution in [0.15, 0.2) is 23.8 Å². The van der Waals surface area contributed by atoms with Gasteiger partial charge in [0, 0.05) is 0 Å². The van der Waals surface area contributed by atoms with Crippen LogP contribution in [0.3, 0.4) is 0 Å². The summed E-state index contributed by atoms with van der Waals surface area (Å²) in [7, 11) is 0. The predicted molar refractivity (Wildman–Crippen MR) is 85.5 cm³/mol. The minimum absolute atomic E-state index is 0.514. The summed E-state index contributed by atoms with van der Waals surface area (Å²) < 4.78 is 0. The SMILES string of the molecule is CC[C@@]12CCC[C@H]1[C@@H]1CC=C3C=CCC[C@]3(C)[C@H]1CC2. The molecule has 0 heterocycles. The third-order valence-electron chi connectivity index (χ3n) is 7.88. The van der Waals surface area contributed by atoms with Gasteiger partial charge in [0.05, 0.1) is 0 Å². The minimum atomic E-state index is 0.514. The fourth-order valence-electron chi connectivity index (χ4n) is 6.71. The van der Waals surface area contributed by atoms with Gasteiger partial charge in [0.2, 0.25) is 0 Å². The zero-order chi connectivity index (χ0) is 13.8. The van der Waals surface area contributed by atoms with Crippen molar-refractivity contribution in [2.24, 2.45) is 28.6 Å². The first-order chi connectivity index (χ1) is 9.70. The van der Waals surface area contributed by atoms with E-state index in [4.69, 9.17) is 0 Å². The number of rotatable bonds is 1. The Hall–Kier alpha value is -0.520. The molecule has 0 saturated heterocycles. The average molecular weight is 270 g/mol. The second-order valence-corrected chi connectivity index (χ2v) is 8.28. The Morgan fingerprint density at radius 3 is 2.90 bits per heavy atom. The monoisotopic (exact) mass is 270 g/mol. The van der Waals surface area contributed by atoms with Crippen LogP contribution < -0.4 is 0 Å². The summed E-state index contributed by atoms with van der Waals surface area (Å²) in [6, 6.07) is 0. The lowest BCUT2D eigenvalue weighted by atomic mass is 9.48. The molecule has 5 atom stereocenters. The lowest BCUT2D eigenvalue weighted by Crippen LogP contribution is -2.48. The summed E-state index contributed by atoms with van der Waals surface area (Å²) in [5.74, 6) is 3.04. The highest BCUT2D eigenvalue weighted by Gasteiger charge is 2.55. The van der Waals surface area contributed by atoms with Gasteiger partial charge in [-0.25, -0.2) is 0 Å². The van der Waals surface area contributed by atoms with Gasteiger partial charge in [0.25, 0.3) is 0 Å². The molecule has 0 radical (unpaired) electrons. The van der Waals surface area contributed by atoms with Crippen LogP contribution in [0.5, 0.6) is 0 Å². The van der Waals surface area contributed by atoms with Crippen molar-refractivity contribution in [3.63, 3.8) is 0 Å². The number of fused-ring (bicyclic) bond motifs is 5. The van der Waals surface area contributed by atoms with Crippen molar-refractivity contribution < 1.29 is 0 Å². The van der Waals surface area contributed by atoms with Gasteiger partial charge in [-0.05, 0) is 79.1 Å². The molecular weight excluding hydrogens is 240 g/mol. The maximum Gasteiger partial charge on any atom is -0.00445 e. The van der Waals surface area contributed by atoms with E-state index in [2.05, 4.69) is 32.1 Å². The summed E-state index contributed by atoms with van der Waals surface area (Å²) in [4.78, 5) is 0. The zero-order valence-electron chi connectivity index (χ0n) is 13.3. The Labute approximate surface area is 124 Å². The highest BCUT2D eigenvalue weighted by atomic mass is 14.6. The van der Waals surface area contributed by atoms with Crippen molar-refractivity contribution in [1.29, 1.82) is 0 Å². The molecule has 0 nitrogen and oxygen atoms in total. The molecule has 0 amide bonds. The van der Waals surface area contributed by atoms with Crippen LogP contribution in [0.2, 0.25) is 0 Å². The minimum Gasteiger partial charge on any atom is -0.0842 e. The maximum atomic E-state index is 2.63. The van der Waals surface area contributed by atoms with Crippen LogP contribution in [0, 0.1) is 28.6 Å². The van der Waals surface area contributed by atoms with Crippen LogP contribution in [0.4, 0.5) is 0 Å². The summed E-state index contributed by atoms with van der Waals surface area (Å²) in [6.07, 6.45) is 20.6. The van der Waals surface area contributed by atoms with Crippen molar-refractivity contribution in [2.75, 3.05) is 0 Å². The molecule has 4 rings (SSSR count). The fourth-order valence-corrected chi connectivity index (χ4v) is 6.71. The van der Waals surface area contributed by atoms with Gasteiger partial charge in [-0.15, -0.1) is 0 Å². The smallest absolute Gasteiger partial charge is 0.00445 e. The molecule has 4 aliphatic rings. The van der Waals surface area contributed by atoms with Gasteiger partial charge < -0.3 is 0 Å². The quantitative estimate of drug-likeness (QED) is 0.557. The normalized spacial score (nSPS) is 50.1. The van der Waals surface area contributed by atoms with E-state index in [1.54, 1.807) is 5.57 Å². The second-order valence-electron chi connectivity index (χ2n) is 8.28. The van der Waals surface area contributed by atoms with Gasteiger partial charge in [-0.2, -0.15) is 0 Å². The molecular formula is C20H30. The topological polar surface area (TPSA) is 0 Å². The van der Waals surface area contributed by atoms with Crippen molar-refractivity contribution in [1.82, 2.24) is 0 Å². The Morgan fingerprint density at radius 1 is 1.15 bits per heavy atom. The van der Waals surface area contributed by atoms with Gasteiger partial charge in [-0.1, -0.05) is 44.9 Å². The summed E-state index contributed by atoms with van der Waals surface area (Å²) in [5, 5.41) is 0. The summed E-state index contributed by atoms with van der Waals surface area (Å²) >= 11 is 0. The van der Waals surface area contributed by atoms with Gasteiger partial charge in [-0.3, -0.25) is 0 Å². The molecule has 0 aliphatic heterocycles. The Kier molecular flexibility index (Phi) is 2.95. The third-order valence-corrected chi connectivity index (χ3v) is 7.88. The maximum absolute atomic E-state index is 2.63. The number of hydrogen-bond donors (Lipinski definition) is 0. The number of allylic oxidation sites excluding steroid dienone is 4. The Balaban J connectivity index is 1.71. The largest absolute Gasteiger partial charge is 0.0842 e. The van der Waals surface area contributed by atoms with E-state index in [0.29, 0.717) is 5.41 Å². The highest BCUT2D eigenvalue weighted by Crippen LogP contribution is 2.65. The second kappa shape index (κ2) is 4.49. The van der Waals surface area contributed by atoms with Crippen molar-refractivity contribution in [3.8, 4) is 0 Å². The standard InChI is InChI=1S/C20H30/c1-3-20-13-6-8-18(20)16-10-9-15-7-4-5-12-19(15,2)17(16)11-14-20/h4,7,9,16-18H,3,5-6,8,10-14H2,1-2H3/t16-,17+,18+,19+,20+/m1/s1. The van der Waals surface area contributed by atoms with E-state index in [9.17, 15) is 0 Å². The first kappa shape index (κ1) is 13.2. The Bertz CT molecular complexity index is 457. The van der Waals surface area contributed by atoms with E-state index >= 15 is 0 Å². The molecule has 4 aliphatic carbocycles. The van der Waals surface area contributed by atoms with Gasteiger partial charge in [0.15, 0.2) is 0 Å². The van der Waals surface area contributed by atoms with E-state index < -0.39 is 0 Å². The molecule has 2 fully saturated rings. The highest BCUT2D eigenvalue weighted by molar-refractivity contribution is 5.33. The molecule has 0 aromatic heterocycles. The van der Waals surface area contributed by atoms with E-state index in [1.165, 1.54) is 57.8 Å². The molecule has 0 aromatic rings. The molecule has 0 aromatic carbocycles.